The van der Waals surface area contributed by atoms with Crippen molar-refractivity contribution in [3.8, 4) is 0 Å². The molecule has 0 amide bonds. The molecule has 0 aliphatic rings. The summed E-state index contributed by atoms with van der Waals surface area (Å²) in [6, 6.07) is 10.8. The van der Waals surface area contributed by atoms with Crippen molar-refractivity contribution in [3.63, 3.8) is 0 Å². The summed E-state index contributed by atoms with van der Waals surface area (Å²) in [5.74, 6) is 0. The molecular weight excluding hydrogens is 653 g/mol. The summed E-state index contributed by atoms with van der Waals surface area (Å²) in [5, 5.41) is 0. The third kappa shape index (κ3) is 27.0. The molecule has 0 atom stereocenters. The van der Waals surface area contributed by atoms with Gasteiger partial charge >= 0.3 is 0 Å². The maximum Gasteiger partial charge on any atom is 0.104 e. The summed E-state index contributed by atoms with van der Waals surface area (Å²) in [7, 11) is -0.630. The lowest BCUT2D eigenvalue weighted by atomic mass is 10.0. The summed E-state index contributed by atoms with van der Waals surface area (Å²) in [5.41, 5.74) is 1.46. The molecule has 0 radical (unpaired) electrons. The molecule has 0 saturated heterocycles. The van der Waals surface area contributed by atoms with Gasteiger partial charge in [0.25, 0.3) is 0 Å². The highest BCUT2D eigenvalue weighted by atomic mass is 79.9. The normalized spacial score (nSPS) is 11.4. The summed E-state index contributed by atoms with van der Waals surface area (Å²) in [6.45, 7) is 21.2. The van der Waals surface area contributed by atoms with Crippen molar-refractivity contribution in [2.24, 2.45) is 0 Å². The largest absolute Gasteiger partial charge is 1.00 e. The van der Waals surface area contributed by atoms with Crippen LogP contribution >= 0.6 is 7.26 Å². The van der Waals surface area contributed by atoms with Crippen LogP contribution in [0.4, 0.5) is 0 Å². The van der Waals surface area contributed by atoms with E-state index in [1.807, 2.05) is 0 Å². The van der Waals surface area contributed by atoms with Crippen molar-refractivity contribution in [2.75, 3.05) is 44.3 Å². The lowest BCUT2D eigenvalue weighted by Crippen LogP contribution is -3.00. The second-order valence-electron chi connectivity index (χ2n) is 13.8. The van der Waals surface area contributed by atoms with Crippen molar-refractivity contribution in [1.29, 1.82) is 0 Å². The molecule has 1 aromatic rings. The van der Waals surface area contributed by atoms with E-state index in [1.165, 1.54) is 158 Å². The number of quaternary nitrogens is 1. The van der Waals surface area contributed by atoms with Gasteiger partial charge in [0.15, 0.2) is 0 Å². The van der Waals surface area contributed by atoms with Crippen molar-refractivity contribution in [3.05, 3.63) is 35.9 Å². The van der Waals surface area contributed by atoms with Crippen LogP contribution in [0, 0.1) is 0 Å². The quantitative estimate of drug-likeness (QED) is 0.0446. The average Bonchev–Trinajstić information content (AvgIpc) is 3.05. The summed E-state index contributed by atoms with van der Waals surface area (Å²) < 4.78 is 1.20. The van der Waals surface area contributed by atoms with Gasteiger partial charge in [-0.25, -0.2) is 0 Å². The monoisotopic (exact) mass is 734 g/mol. The van der Waals surface area contributed by atoms with Gasteiger partial charge in [-0.3, -0.25) is 0 Å². The second kappa shape index (κ2) is 35.7. The molecule has 45 heavy (non-hydrogen) atoms. The number of benzene rings is 1. The Kier molecular flexibility index (Phi) is 39.5. The molecule has 0 heterocycles. The zero-order valence-corrected chi connectivity index (χ0v) is 35.1. The van der Waals surface area contributed by atoms with Gasteiger partial charge in [-0.1, -0.05) is 154 Å². The highest BCUT2D eigenvalue weighted by Crippen LogP contribution is 2.61. The highest BCUT2D eigenvalue weighted by Gasteiger charge is 2.34. The number of hydrogen-bond donors (Lipinski definition) is 0. The van der Waals surface area contributed by atoms with Crippen LogP contribution in [0.25, 0.3) is 0 Å². The number of unbranched alkanes of at least 4 members (excludes halogenated alkanes) is 16. The van der Waals surface area contributed by atoms with E-state index in [9.17, 15) is 0 Å². The van der Waals surface area contributed by atoms with E-state index in [4.69, 9.17) is 0 Å². The zero-order chi connectivity index (χ0) is 31.9. The van der Waals surface area contributed by atoms with Crippen LogP contribution in [0.1, 0.15) is 182 Å². The third-order valence-electron chi connectivity index (χ3n) is 10.3. The molecule has 0 aliphatic heterocycles. The fourth-order valence-electron chi connectivity index (χ4n) is 6.77. The minimum atomic E-state index is -0.630. The number of hydrogen-bond acceptors (Lipinski definition) is 0. The molecule has 1 nitrogen and oxygen atoms in total. The first-order valence-electron chi connectivity index (χ1n) is 19.7. The number of halogens is 2. The van der Waals surface area contributed by atoms with Gasteiger partial charge in [-0.05, 0) is 52.9 Å². The van der Waals surface area contributed by atoms with Gasteiger partial charge in [0.2, 0.25) is 0 Å². The van der Waals surface area contributed by atoms with E-state index in [-0.39, 0.29) is 29.4 Å². The van der Waals surface area contributed by atoms with Crippen LogP contribution in [0.15, 0.2) is 30.3 Å². The molecule has 4 heteroatoms. The Hall–Kier alpha value is 0.380. The molecular formula is C41H82BrClNP. The molecule has 0 fully saturated rings. The van der Waals surface area contributed by atoms with Crippen LogP contribution in [0.2, 0.25) is 0 Å². The molecule has 0 N–H and O–H groups in total. The van der Waals surface area contributed by atoms with Crippen LogP contribution in [0.5, 0.6) is 0 Å². The second-order valence-corrected chi connectivity index (χ2v) is 18.3. The lowest BCUT2D eigenvalue weighted by molar-refractivity contribution is -0.936. The number of nitrogens with zero attached hydrogens (tertiary/aromatic N) is 1. The minimum absolute atomic E-state index is 0. The Labute approximate surface area is 303 Å². The first-order chi connectivity index (χ1) is 21.0. The smallest absolute Gasteiger partial charge is 0.104 e. The van der Waals surface area contributed by atoms with Crippen LogP contribution in [-0.4, -0.2) is 48.8 Å². The maximum absolute atomic E-state index is 2.39. The summed E-state index contributed by atoms with van der Waals surface area (Å²) in [6.07, 6.45) is 36.0. The Morgan fingerprint density at radius 3 is 1.07 bits per heavy atom. The Balaban J connectivity index is -0.000000925. The fraction of sp³-hybridized carbons (Fsp3) is 0.854. The third-order valence-corrected chi connectivity index (χ3v) is 15.4. The zero-order valence-electron chi connectivity index (χ0n) is 31.8. The average molecular weight is 735 g/mol. The molecule has 1 aromatic carbocycles. The van der Waals surface area contributed by atoms with Crippen molar-refractivity contribution in [2.45, 2.75) is 183 Å². The molecule has 1 rings (SSSR count). The van der Waals surface area contributed by atoms with Crippen LogP contribution < -0.4 is 29.4 Å². The first-order valence-corrected chi connectivity index (χ1v) is 22.3. The Bertz CT molecular complexity index is 651. The van der Waals surface area contributed by atoms with Crippen molar-refractivity contribution in [1.82, 2.24) is 0 Å². The standard InChI is InChI=1S/C28H60P.C13H22N.BrH.ClH/c1-5-9-13-14-15-16-17-18-19-20-21-22-23-24-28-29(25-10-6-2,26-11-7-3)27-12-8-4;1-4-14(5-2,6-3)12-13-10-8-7-9-11-13;;/h5-28H2,1-4H3;7-11H,4-6,12H2,1-3H3;2*1H/q2*+1;;/p-2. The summed E-state index contributed by atoms with van der Waals surface area (Å²) in [4.78, 5) is 0. The Morgan fingerprint density at radius 1 is 0.422 bits per heavy atom. The van der Waals surface area contributed by atoms with E-state index >= 15 is 0 Å². The maximum atomic E-state index is 2.39. The predicted octanol–water partition coefficient (Wildman–Crippen LogP) is 7.96. The lowest BCUT2D eigenvalue weighted by Gasteiger charge is -2.35. The van der Waals surface area contributed by atoms with Gasteiger partial charge in [0.05, 0.1) is 44.3 Å². The van der Waals surface area contributed by atoms with Gasteiger partial charge in [0.1, 0.15) is 6.54 Å². The van der Waals surface area contributed by atoms with Crippen LogP contribution in [-0.2, 0) is 6.54 Å². The van der Waals surface area contributed by atoms with E-state index < -0.39 is 7.26 Å². The number of rotatable bonds is 29. The molecule has 0 aromatic heterocycles. The van der Waals surface area contributed by atoms with Gasteiger partial charge < -0.3 is 33.9 Å². The van der Waals surface area contributed by atoms with Gasteiger partial charge in [-0.2, -0.15) is 0 Å². The molecule has 0 unspecified atom stereocenters. The SMILES string of the molecule is CCCCCCCCCCCCCCCC[P+](CCCC)(CCCC)CCCC.CC[N+](CC)(CC)Cc1ccccc1.[Br-].[Cl-]. The van der Waals surface area contributed by atoms with Crippen LogP contribution in [0.3, 0.4) is 0 Å². The fourth-order valence-corrected chi connectivity index (χ4v) is 12.0. The van der Waals surface area contributed by atoms with Gasteiger partial charge in [0, 0.05) is 12.8 Å². The molecule has 0 spiro atoms. The topological polar surface area (TPSA) is 0 Å². The van der Waals surface area contributed by atoms with Crippen molar-refractivity contribution >= 4 is 7.26 Å². The summed E-state index contributed by atoms with van der Waals surface area (Å²) >= 11 is 0. The predicted molar refractivity (Wildman–Crippen MR) is 203 cm³/mol. The molecule has 270 valence electrons. The van der Waals surface area contributed by atoms with E-state index in [0.29, 0.717) is 0 Å². The van der Waals surface area contributed by atoms with E-state index in [0.717, 1.165) is 0 Å². The first kappa shape index (κ1) is 49.8. The minimum Gasteiger partial charge on any atom is -1.00 e. The molecule has 0 saturated carbocycles. The highest BCUT2D eigenvalue weighted by molar-refractivity contribution is 7.75. The molecule has 0 aliphatic carbocycles. The van der Waals surface area contributed by atoms with Gasteiger partial charge in [-0.15, -0.1) is 0 Å². The van der Waals surface area contributed by atoms with E-state index in [2.05, 4.69) is 78.8 Å². The Morgan fingerprint density at radius 2 is 0.733 bits per heavy atom. The molecule has 0 bridgehead atoms. The van der Waals surface area contributed by atoms with E-state index in [1.54, 1.807) is 31.1 Å². The van der Waals surface area contributed by atoms with Crippen molar-refractivity contribution < 1.29 is 33.9 Å².